The molecule has 0 spiro atoms. The first kappa shape index (κ1) is 13.8. The van der Waals surface area contributed by atoms with Gasteiger partial charge in [0.25, 0.3) is 0 Å². The van der Waals surface area contributed by atoms with E-state index in [1.807, 2.05) is 12.1 Å². The Morgan fingerprint density at radius 3 is 2.65 bits per heavy atom. The molecule has 0 saturated carbocycles. The fraction of sp³-hybridized carbons (Fsp3) is 0.571. The van der Waals surface area contributed by atoms with Gasteiger partial charge in [-0.3, -0.25) is 0 Å². The number of benzene rings is 1. The van der Waals surface area contributed by atoms with Gasteiger partial charge < -0.3 is 15.4 Å². The Bertz CT molecular complexity index is 352. The van der Waals surface area contributed by atoms with E-state index in [4.69, 9.17) is 10.5 Å². The van der Waals surface area contributed by atoms with Crippen LogP contribution in [0.3, 0.4) is 0 Å². The number of methoxy groups -OCH3 is 1. The van der Waals surface area contributed by atoms with Gasteiger partial charge in [0.05, 0.1) is 7.11 Å². The predicted octanol–water partition coefficient (Wildman–Crippen LogP) is 2.64. The molecule has 1 atom stereocenters. The van der Waals surface area contributed by atoms with Crippen LogP contribution in [-0.2, 0) is 6.54 Å². The number of nitrogens with zero attached hydrogens (tertiary/aromatic N) is 1. The number of ether oxygens (including phenoxy) is 1. The molecule has 1 aromatic carbocycles. The van der Waals surface area contributed by atoms with Gasteiger partial charge in [0.15, 0.2) is 0 Å². The van der Waals surface area contributed by atoms with E-state index in [2.05, 4.69) is 31.9 Å². The highest BCUT2D eigenvalue weighted by atomic mass is 16.5. The van der Waals surface area contributed by atoms with Crippen molar-refractivity contribution in [1.82, 2.24) is 0 Å². The lowest BCUT2D eigenvalue weighted by atomic mass is 10.1. The lowest BCUT2D eigenvalue weighted by molar-refractivity contribution is 0.414. The van der Waals surface area contributed by atoms with Gasteiger partial charge in [-0.1, -0.05) is 26.3 Å². The number of rotatable bonds is 6. The van der Waals surface area contributed by atoms with Crippen LogP contribution < -0.4 is 15.4 Å². The van der Waals surface area contributed by atoms with Gasteiger partial charge in [0.1, 0.15) is 5.75 Å². The van der Waals surface area contributed by atoms with Crippen LogP contribution in [0.2, 0.25) is 0 Å². The molecule has 3 nitrogen and oxygen atoms in total. The standard InChI is InChI=1S/C14H24N2O/c1-5-11(2)10-16(3)14-8-13(17-4)7-6-12(14)9-15/h6-8,11H,5,9-10,15H2,1-4H3. The topological polar surface area (TPSA) is 38.5 Å². The second kappa shape index (κ2) is 6.50. The summed E-state index contributed by atoms with van der Waals surface area (Å²) in [5.74, 6) is 1.56. The van der Waals surface area contributed by atoms with E-state index in [1.54, 1.807) is 7.11 Å². The summed E-state index contributed by atoms with van der Waals surface area (Å²) >= 11 is 0. The van der Waals surface area contributed by atoms with Crippen molar-refractivity contribution in [3.05, 3.63) is 23.8 Å². The van der Waals surface area contributed by atoms with E-state index in [0.29, 0.717) is 12.5 Å². The van der Waals surface area contributed by atoms with Crippen LogP contribution in [0.15, 0.2) is 18.2 Å². The molecule has 0 amide bonds. The molecule has 0 heterocycles. The molecular formula is C14H24N2O. The third-order valence-corrected chi connectivity index (χ3v) is 3.21. The number of nitrogens with two attached hydrogens (primary N) is 1. The highest BCUT2D eigenvalue weighted by Gasteiger charge is 2.10. The molecule has 0 aliphatic rings. The maximum Gasteiger partial charge on any atom is 0.120 e. The van der Waals surface area contributed by atoms with Crippen LogP contribution in [0.25, 0.3) is 0 Å². The first-order valence-electron chi connectivity index (χ1n) is 6.20. The fourth-order valence-electron chi connectivity index (χ4n) is 1.89. The van der Waals surface area contributed by atoms with Crippen molar-refractivity contribution in [3.63, 3.8) is 0 Å². The Balaban J connectivity index is 2.92. The minimum absolute atomic E-state index is 0.560. The SMILES string of the molecule is CCC(C)CN(C)c1cc(OC)ccc1CN. The second-order valence-electron chi connectivity index (χ2n) is 4.59. The minimum Gasteiger partial charge on any atom is -0.497 e. The van der Waals surface area contributed by atoms with Gasteiger partial charge in [-0.15, -0.1) is 0 Å². The number of hydrogen-bond acceptors (Lipinski definition) is 3. The molecule has 0 aliphatic carbocycles. The van der Waals surface area contributed by atoms with Crippen molar-refractivity contribution in [1.29, 1.82) is 0 Å². The van der Waals surface area contributed by atoms with Crippen LogP contribution in [0.4, 0.5) is 5.69 Å². The summed E-state index contributed by atoms with van der Waals surface area (Å²) in [6.45, 7) is 6.08. The molecule has 1 rings (SSSR count). The highest BCUT2D eigenvalue weighted by molar-refractivity contribution is 5.56. The van der Waals surface area contributed by atoms with E-state index in [1.165, 1.54) is 12.1 Å². The zero-order chi connectivity index (χ0) is 12.8. The molecule has 0 fully saturated rings. The Morgan fingerprint density at radius 2 is 2.12 bits per heavy atom. The van der Waals surface area contributed by atoms with Crippen LogP contribution in [0.5, 0.6) is 5.75 Å². The second-order valence-corrected chi connectivity index (χ2v) is 4.59. The van der Waals surface area contributed by atoms with Crippen LogP contribution in [0, 0.1) is 5.92 Å². The first-order valence-corrected chi connectivity index (χ1v) is 6.20. The summed E-state index contributed by atoms with van der Waals surface area (Å²) < 4.78 is 5.27. The van der Waals surface area contributed by atoms with Gasteiger partial charge in [0.2, 0.25) is 0 Å². The van der Waals surface area contributed by atoms with Crippen molar-refractivity contribution in [2.75, 3.05) is 25.6 Å². The third-order valence-electron chi connectivity index (χ3n) is 3.21. The largest absolute Gasteiger partial charge is 0.497 e. The fourth-order valence-corrected chi connectivity index (χ4v) is 1.89. The smallest absolute Gasteiger partial charge is 0.120 e. The monoisotopic (exact) mass is 236 g/mol. The average Bonchev–Trinajstić information content (AvgIpc) is 2.37. The van der Waals surface area contributed by atoms with Crippen LogP contribution in [-0.4, -0.2) is 20.7 Å². The lowest BCUT2D eigenvalue weighted by Crippen LogP contribution is -2.25. The van der Waals surface area contributed by atoms with E-state index in [9.17, 15) is 0 Å². The van der Waals surface area contributed by atoms with E-state index in [-0.39, 0.29) is 0 Å². The summed E-state index contributed by atoms with van der Waals surface area (Å²) in [6.07, 6.45) is 1.19. The normalized spacial score (nSPS) is 12.3. The van der Waals surface area contributed by atoms with Crippen LogP contribution >= 0.6 is 0 Å². The van der Waals surface area contributed by atoms with Crippen molar-refractivity contribution >= 4 is 5.69 Å². The lowest BCUT2D eigenvalue weighted by Gasteiger charge is -2.25. The molecule has 17 heavy (non-hydrogen) atoms. The van der Waals surface area contributed by atoms with Gasteiger partial charge in [0, 0.05) is 31.9 Å². The molecule has 0 bridgehead atoms. The summed E-state index contributed by atoms with van der Waals surface area (Å²) in [6, 6.07) is 6.06. The molecule has 0 saturated heterocycles. The van der Waals surface area contributed by atoms with E-state index >= 15 is 0 Å². The van der Waals surface area contributed by atoms with E-state index < -0.39 is 0 Å². The van der Waals surface area contributed by atoms with Gasteiger partial charge >= 0.3 is 0 Å². The Morgan fingerprint density at radius 1 is 1.41 bits per heavy atom. The number of anilines is 1. The maximum atomic E-state index is 5.78. The zero-order valence-electron chi connectivity index (χ0n) is 11.4. The first-order chi connectivity index (χ1) is 8.12. The van der Waals surface area contributed by atoms with Gasteiger partial charge in [-0.25, -0.2) is 0 Å². The Labute approximate surface area is 105 Å². The summed E-state index contributed by atoms with van der Waals surface area (Å²) in [5.41, 5.74) is 8.11. The summed E-state index contributed by atoms with van der Waals surface area (Å²) in [4.78, 5) is 2.26. The molecular weight excluding hydrogens is 212 g/mol. The molecule has 0 aromatic heterocycles. The Kier molecular flexibility index (Phi) is 5.29. The minimum atomic E-state index is 0.560. The molecule has 0 aliphatic heterocycles. The van der Waals surface area contributed by atoms with Crippen molar-refractivity contribution in [2.45, 2.75) is 26.8 Å². The third kappa shape index (κ3) is 3.63. The Hall–Kier alpha value is -1.22. The van der Waals surface area contributed by atoms with Crippen LogP contribution in [0.1, 0.15) is 25.8 Å². The molecule has 96 valence electrons. The molecule has 1 unspecified atom stereocenters. The molecule has 1 aromatic rings. The summed E-state index contributed by atoms with van der Waals surface area (Å²) in [7, 11) is 3.80. The molecule has 3 heteroatoms. The predicted molar refractivity (Wildman–Crippen MR) is 73.6 cm³/mol. The molecule has 0 radical (unpaired) electrons. The van der Waals surface area contributed by atoms with Gasteiger partial charge in [-0.2, -0.15) is 0 Å². The van der Waals surface area contributed by atoms with Crippen molar-refractivity contribution < 1.29 is 4.74 Å². The van der Waals surface area contributed by atoms with Crippen molar-refractivity contribution in [2.24, 2.45) is 11.7 Å². The summed E-state index contributed by atoms with van der Waals surface area (Å²) in [5, 5.41) is 0. The number of hydrogen-bond donors (Lipinski definition) is 1. The zero-order valence-corrected chi connectivity index (χ0v) is 11.4. The van der Waals surface area contributed by atoms with Crippen molar-refractivity contribution in [3.8, 4) is 5.75 Å². The van der Waals surface area contributed by atoms with Gasteiger partial charge in [-0.05, 0) is 17.5 Å². The van der Waals surface area contributed by atoms with E-state index in [0.717, 1.165) is 17.9 Å². The maximum absolute atomic E-state index is 5.78. The highest BCUT2D eigenvalue weighted by Crippen LogP contribution is 2.26. The average molecular weight is 236 g/mol. The molecule has 2 N–H and O–H groups in total. The quantitative estimate of drug-likeness (QED) is 0.825.